The number of anilines is 2. The zero-order valence-corrected chi connectivity index (χ0v) is 19.7. The van der Waals surface area contributed by atoms with Crippen LogP contribution in [0.4, 0.5) is 10.8 Å². The second kappa shape index (κ2) is 8.68. The molecule has 3 heterocycles. The largest absolute Gasteiger partial charge is 0.469 e. The molecule has 0 atom stereocenters. The van der Waals surface area contributed by atoms with Crippen molar-refractivity contribution in [1.29, 1.82) is 0 Å². The molecule has 0 aliphatic rings. The van der Waals surface area contributed by atoms with Gasteiger partial charge in [0.05, 0.1) is 23.2 Å². The molecule has 160 valence electrons. The number of aryl methyl sites for hydroxylation is 3. The molecule has 0 fully saturated rings. The first-order valence-electron chi connectivity index (χ1n) is 9.74. The van der Waals surface area contributed by atoms with Crippen molar-refractivity contribution in [2.24, 2.45) is 7.05 Å². The van der Waals surface area contributed by atoms with Crippen molar-refractivity contribution in [1.82, 2.24) is 19.7 Å². The van der Waals surface area contributed by atoms with Gasteiger partial charge in [0.25, 0.3) is 0 Å². The van der Waals surface area contributed by atoms with E-state index in [2.05, 4.69) is 17.1 Å². The third-order valence-corrected chi connectivity index (χ3v) is 7.01. The van der Waals surface area contributed by atoms with Crippen molar-refractivity contribution in [3.05, 3.63) is 58.5 Å². The van der Waals surface area contributed by atoms with Crippen LogP contribution in [0.15, 0.2) is 45.5 Å². The third-order valence-electron chi connectivity index (χ3n) is 5.08. The van der Waals surface area contributed by atoms with Gasteiger partial charge in [0.15, 0.2) is 16.1 Å². The fraction of sp³-hybridized carbons (Fsp3) is 0.273. The second-order valence-electron chi connectivity index (χ2n) is 7.29. The van der Waals surface area contributed by atoms with Crippen LogP contribution in [-0.2, 0) is 17.6 Å². The van der Waals surface area contributed by atoms with E-state index in [1.807, 2.05) is 55.1 Å². The predicted molar refractivity (Wildman–Crippen MR) is 124 cm³/mol. The first-order chi connectivity index (χ1) is 14.8. The van der Waals surface area contributed by atoms with Gasteiger partial charge in [0.1, 0.15) is 5.76 Å². The SMILES string of the molecule is CC(=O)N(c1ccc(C)c(C)c1)c1nc(CSc2nnc(-c3ccoc3C)n2C)cs1. The molecule has 0 saturated carbocycles. The van der Waals surface area contributed by atoms with E-state index < -0.39 is 0 Å². The molecule has 0 aliphatic heterocycles. The van der Waals surface area contributed by atoms with Crippen LogP contribution in [0.1, 0.15) is 29.5 Å². The van der Waals surface area contributed by atoms with Gasteiger partial charge in [-0.3, -0.25) is 9.69 Å². The van der Waals surface area contributed by atoms with Gasteiger partial charge in [-0.2, -0.15) is 0 Å². The minimum absolute atomic E-state index is 0.0646. The number of hydrogen-bond donors (Lipinski definition) is 0. The number of carbonyl (C=O) groups is 1. The number of rotatable bonds is 6. The number of benzene rings is 1. The quantitative estimate of drug-likeness (QED) is 0.362. The van der Waals surface area contributed by atoms with Gasteiger partial charge in [-0.25, -0.2) is 4.98 Å². The Morgan fingerprint density at radius 3 is 2.68 bits per heavy atom. The maximum absolute atomic E-state index is 12.4. The van der Waals surface area contributed by atoms with Gasteiger partial charge in [0.2, 0.25) is 5.91 Å². The van der Waals surface area contributed by atoms with Gasteiger partial charge < -0.3 is 8.98 Å². The lowest BCUT2D eigenvalue weighted by Gasteiger charge is -2.19. The van der Waals surface area contributed by atoms with Crippen molar-refractivity contribution in [3.8, 4) is 11.4 Å². The number of hydrogen-bond acceptors (Lipinski definition) is 7. The van der Waals surface area contributed by atoms with Crippen molar-refractivity contribution < 1.29 is 9.21 Å². The van der Waals surface area contributed by atoms with Crippen molar-refractivity contribution in [2.75, 3.05) is 4.90 Å². The van der Waals surface area contributed by atoms with E-state index in [9.17, 15) is 4.79 Å². The molecular weight excluding hydrogens is 430 g/mol. The molecule has 7 nitrogen and oxygen atoms in total. The lowest BCUT2D eigenvalue weighted by molar-refractivity contribution is -0.115. The molecule has 0 bridgehead atoms. The Labute approximate surface area is 189 Å². The molecular formula is C22H23N5O2S2. The molecule has 0 aliphatic carbocycles. The molecule has 1 amide bonds. The van der Waals surface area contributed by atoms with Gasteiger partial charge in [-0.1, -0.05) is 17.8 Å². The van der Waals surface area contributed by atoms with E-state index >= 15 is 0 Å². The second-order valence-corrected chi connectivity index (χ2v) is 9.07. The molecule has 0 saturated heterocycles. The molecule has 31 heavy (non-hydrogen) atoms. The predicted octanol–water partition coefficient (Wildman–Crippen LogP) is 5.43. The highest BCUT2D eigenvalue weighted by Gasteiger charge is 2.19. The molecule has 4 rings (SSSR count). The summed E-state index contributed by atoms with van der Waals surface area (Å²) >= 11 is 3.02. The Morgan fingerprint density at radius 1 is 1.19 bits per heavy atom. The lowest BCUT2D eigenvalue weighted by Crippen LogP contribution is -2.22. The van der Waals surface area contributed by atoms with Crippen LogP contribution in [0.3, 0.4) is 0 Å². The zero-order chi connectivity index (χ0) is 22.1. The smallest absolute Gasteiger partial charge is 0.230 e. The van der Waals surface area contributed by atoms with Crippen LogP contribution in [-0.4, -0.2) is 25.7 Å². The molecule has 0 N–H and O–H groups in total. The van der Waals surface area contributed by atoms with Gasteiger partial charge in [-0.15, -0.1) is 21.5 Å². The van der Waals surface area contributed by atoms with E-state index in [4.69, 9.17) is 9.40 Å². The molecule has 0 unspecified atom stereocenters. The molecule has 9 heteroatoms. The van der Waals surface area contributed by atoms with Crippen molar-refractivity contribution in [2.45, 2.75) is 38.6 Å². The molecule has 3 aromatic heterocycles. The summed E-state index contributed by atoms with van der Waals surface area (Å²) in [6.07, 6.45) is 1.65. The third kappa shape index (κ3) is 4.28. The Hall–Kier alpha value is -2.91. The summed E-state index contributed by atoms with van der Waals surface area (Å²) in [6, 6.07) is 7.89. The highest BCUT2D eigenvalue weighted by molar-refractivity contribution is 7.98. The van der Waals surface area contributed by atoms with Crippen molar-refractivity contribution >= 4 is 39.8 Å². The highest BCUT2D eigenvalue weighted by Crippen LogP contribution is 2.32. The number of furan rings is 1. The Balaban J connectivity index is 1.51. The maximum Gasteiger partial charge on any atom is 0.230 e. The molecule has 4 aromatic rings. The number of aromatic nitrogens is 4. The highest BCUT2D eigenvalue weighted by atomic mass is 32.2. The normalized spacial score (nSPS) is 11.1. The van der Waals surface area contributed by atoms with Crippen LogP contribution in [0.5, 0.6) is 0 Å². The Morgan fingerprint density at radius 2 is 2.00 bits per heavy atom. The summed E-state index contributed by atoms with van der Waals surface area (Å²) in [5.74, 6) is 2.15. The average Bonchev–Trinajstić information content (AvgIpc) is 3.44. The number of amides is 1. The first-order valence-corrected chi connectivity index (χ1v) is 11.6. The lowest BCUT2D eigenvalue weighted by atomic mass is 10.1. The fourth-order valence-electron chi connectivity index (χ4n) is 3.19. The van der Waals surface area contributed by atoms with Crippen molar-refractivity contribution in [3.63, 3.8) is 0 Å². The minimum Gasteiger partial charge on any atom is -0.469 e. The van der Waals surface area contributed by atoms with Crippen LogP contribution < -0.4 is 4.90 Å². The zero-order valence-electron chi connectivity index (χ0n) is 18.0. The van der Waals surface area contributed by atoms with Gasteiger partial charge in [0, 0.05) is 25.1 Å². The topological polar surface area (TPSA) is 77.1 Å². The fourth-order valence-corrected chi connectivity index (χ4v) is 4.98. The summed E-state index contributed by atoms with van der Waals surface area (Å²) in [7, 11) is 1.94. The van der Waals surface area contributed by atoms with Gasteiger partial charge in [-0.05, 0) is 50.1 Å². The van der Waals surface area contributed by atoms with Crippen LogP contribution in [0, 0.1) is 20.8 Å². The van der Waals surface area contributed by atoms with Crippen LogP contribution in [0.2, 0.25) is 0 Å². The number of thioether (sulfide) groups is 1. The average molecular weight is 454 g/mol. The van der Waals surface area contributed by atoms with Crippen LogP contribution in [0.25, 0.3) is 11.4 Å². The minimum atomic E-state index is -0.0646. The monoisotopic (exact) mass is 453 g/mol. The summed E-state index contributed by atoms with van der Waals surface area (Å²) in [4.78, 5) is 18.7. The summed E-state index contributed by atoms with van der Waals surface area (Å²) in [5, 5.41) is 12.1. The number of nitrogens with zero attached hydrogens (tertiary/aromatic N) is 5. The van der Waals surface area contributed by atoms with E-state index in [1.54, 1.807) is 29.8 Å². The molecule has 0 spiro atoms. The van der Waals surface area contributed by atoms with E-state index in [0.29, 0.717) is 10.9 Å². The maximum atomic E-state index is 12.4. The summed E-state index contributed by atoms with van der Waals surface area (Å²) in [5.41, 5.74) is 4.99. The Bertz CT molecular complexity index is 1240. The van der Waals surface area contributed by atoms with E-state index in [1.165, 1.54) is 16.9 Å². The molecule has 1 aromatic carbocycles. The summed E-state index contributed by atoms with van der Waals surface area (Å²) < 4.78 is 7.33. The van der Waals surface area contributed by atoms with E-state index in [-0.39, 0.29) is 5.91 Å². The Kier molecular flexibility index (Phi) is 5.97. The van der Waals surface area contributed by atoms with Gasteiger partial charge >= 0.3 is 0 Å². The summed E-state index contributed by atoms with van der Waals surface area (Å²) in [6.45, 7) is 7.57. The number of thiazole rings is 1. The first kappa shape index (κ1) is 21.3. The molecule has 0 radical (unpaired) electrons. The standard InChI is InChI=1S/C22H23N5O2S2/c1-13-6-7-18(10-14(13)2)27(16(4)28)21-23-17(11-30-21)12-31-22-25-24-20(26(22)5)19-8-9-29-15(19)3/h6-11H,12H2,1-5H3. The number of carbonyl (C=O) groups excluding carboxylic acids is 1. The van der Waals surface area contributed by atoms with Crippen LogP contribution >= 0.6 is 23.1 Å². The van der Waals surface area contributed by atoms with E-state index in [0.717, 1.165) is 39.2 Å².